The molecule has 0 aliphatic heterocycles. The Morgan fingerprint density at radius 3 is 1.40 bits per heavy atom. The van der Waals surface area contributed by atoms with Crippen LogP contribution < -0.4 is 5.32 Å². The molecule has 0 aromatic rings. The van der Waals surface area contributed by atoms with Gasteiger partial charge in [0.05, 0.1) is 0 Å². The number of carbonyl (C=O) groups is 4. The lowest BCUT2D eigenvalue weighted by atomic mass is 9.94. The smallest absolute Gasteiger partial charge is 0.407 e. The van der Waals surface area contributed by atoms with E-state index in [1.165, 1.54) is 51.4 Å². The van der Waals surface area contributed by atoms with Crippen LogP contribution in [-0.2, 0) is 33.3 Å². The number of hydrogen-bond donors (Lipinski definition) is 1. The van der Waals surface area contributed by atoms with Crippen LogP contribution in [0, 0.1) is 5.92 Å². The second-order valence-electron chi connectivity index (χ2n) is 17.7. The number of carbonyl (C=O) groups excluding carboxylic acids is 4. The Morgan fingerprint density at radius 2 is 0.954 bits per heavy atom. The van der Waals surface area contributed by atoms with Crippen LogP contribution >= 0.6 is 0 Å². The number of likely N-dealkylation sites (N-methyl/N-ethyl adjacent to an activating group) is 1. The van der Waals surface area contributed by atoms with Crippen LogP contribution in [0.25, 0.3) is 0 Å². The zero-order valence-corrected chi connectivity index (χ0v) is 42.6. The van der Waals surface area contributed by atoms with Crippen LogP contribution in [0.2, 0.25) is 0 Å². The summed E-state index contributed by atoms with van der Waals surface area (Å²) in [6.45, 7) is 12.4. The molecule has 1 N–H and O–H groups in total. The molecule has 0 aromatic heterocycles. The minimum absolute atomic E-state index is 0.00693. The molecule has 0 spiro atoms. The Labute approximate surface area is 398 Å². The second-order valence-corrected chi connectivity index (χ2v) is 17.7. The van der Waals surface area contributed by atoms with Gasteiger partial charge in [-0.1, -0.05) is 160 Å². The SMILES string of the molecule is CCCCC/C=C\C/C=C\CCCCCCCC(=O)OCC(COC(=O)CCCCCCC/C=C\C/C=C\CCCCC)OC(=O)CCC(CC(CC)CC)OC(=O)NCCN(C)CC. The predicted molar refractivity (Wildman–Crippen MR) is 270 cm³/mol. The highest BCUT2D eigenvalue weighted by atomic mass is 16.6. The van der Waals surface area contributed by atoms with Crippen LogP contribution in [-0.4, -0.2) is 81.0 Å². The summed E-state index contributed by atoms with van der Waals surface area (Å²) in [6, 6.07) is 0. The molecule has 0 aromatic carbocycles. The van der Waals surface area contributed by atoms with E-state index in [1.54, 1.807) is 0 Å². The summed E-state index contributed by atoms with van der Waals surface area (Å²) in [7, 11) is 1.99. The highest BCUT2D eigenvalue weighted by Gasteiger charge is 2.23. The second kappa shape index (κ2) is 47.1. The number of nitrogens with one attached hydrogen (secondary N) is 1. The van der Waals surface area contributed by atoms with Gasteiger partial charge in [0.25, 0.3) is 0 Å². The van der Waals surface area contributed by atoms with Gasteiger partial charge in [0, 0.05) is 32.4 Å². The number of unbranched alkanes of at least 4 members (excludes halogenated alkanes) is 16. The van der Waals surface area contributed by atoms with Crippen LogP contribution in [0.5, 0.6) is 0 Å². The van der Waals surface area contributed by atoms with E-state index >= 15 is 0 Å². The minimum atomic E-state index is -0.929. The predicted octanol–water partition coefficient (Wildman–Crippen LogP) is 14.3. The van der Waals surface area contributed by atoms with Crippen LogP contribution in [0.3, 0.4) is 0 Å². The lowest BCUT2D eigenvalue weighted by Crippen LogP contribution is -2.36. The Bertz CT molecular complexity index is 1200. The molecule has 0 aliphatic carbocycles. The topological polar surface area (TPSA) is 120 Å². The van der Waals surface area contributed by atoms with Gasteiger partial charge in [0.1, 0.15) is 19.3 Å². The van der Waals surface area contributed by atoms with Crippen molar-refractivity contribution in [3.63, 3.8) is 0 Å². The average Bonchev–Trinajstić information content (AvgIpc) is 3.30. The lowest BCUT2D eigenvalue weighted by molar-refractivity contribution is -0.167. The van der Waals surface area contributed by atoms with Crippen molar-refractivity contribution in [2.45, 2.75) is 233 Å². The molecule has 376 valence electrons. The van der Waals surface area contributed by atoms with Crippen molar-refractivity contribution in [2.75, 3.05) is 39.9 Å². The van der Waals surface area contributed by atoms with Gasteiger partial charge in [-0.25, -0.2) is 4.79 Å². The highest BCUT2D eigenvalue weighted by molar-refractivity contribution is 5.71. The maximum atomic E-state index is 13.2. The zero-order valence-electron chi connectivity index (χ0n) is 42.6. The minimum Gasteiger partial charge on any atom is -0.462 e. The number of ether oxygens (including phenoxy) is 4. The molecule has 10 nitrogen and oxygen atoms in total. The van der Waals surface area contributed by atoms with Crippen LogP contribution in [0.1, 0.15) is 221 Å². The molecular weight excluding hydrogens is 817 g/mol. The monoisotopic (exact) mass is 915 g/mol. The van der Waals surface area contributed by atoms with E-state index in [0.29, 0.717) is 31.8 Å². The van der Waals surface area contributed by atoms with E-state index in [-0.39, 0.29) is 44.4 Å². The molecule has 1 unspecified atom stereocenters. The van der Waals surface area contributed by atoms with E-state index in [9.17, 15) is 19.2 Å². The van der Waals surface area contributed by atoms with Gasteiger partial charge in [-0.05, 0) is 109 Å². The zero-order chi connectivity index (χ0) is 47.9. The third kappa shape index (κ3) is 43.0. The van der Waals surface area contributed by atoms with Gasteiger partial charge in [0.15, 0.2) is 6.10 Å². The van der Waals surface area contributed by atoms with Crippen molar-refractivity contribution < 1.29 is 38.1 Å². The Kier molecular flexibility index (Phi) is 44.6. The molecule has 65 heavy (non-hydrogen) atoms. The van der Waals surface area contributed by atoms with Crippen molar-refractivity contribution in [3.05, 3.63) is 48.6 Å². The number of amides is 1. The molecular formula is C55H98N2O8. The van der Waals surface area contributed by atoms with Gasteiger partial charge in [-0.2, -0.15) is 0 Å². The summed E-state index contributed by atoms with van der Waals surface area (Å²) in [6.07, 6.45) is 43.7. The normalized spacial score (nSPS) is 12.4. The van der Waals surface area contributed by atoms with E-state index < -0.39 is 24.3 Å². The Hall–Kier alpha value is -3.40. The van der Waals surface area contributed by atoms with Crippen molar-refractivity contribution in [2.24, 2.45) is 5.92 Å². The number of hydrogen-bond acceptors (Lipinski definition) is 9. The number of allylic oxidation sites excluding steroid dienone is 8. The van der Waals surface area contributed by atoms with Crippen LogP contribution in [0.4, 0.5) is 4.79 Å². The van der Waals surface area contributed by atoms with E-state index in [4.69, 9.17) is 18.9 Å². The van der Waals surface area contributed by atoms with Gasteiger partial charge < -0.3 is 29.2 Å². The fourth-order valence-electron chi connectivity index (χ4n) is 7.24. The maximum absolute atomic E-state index is 13.2. The third-order valence-corrected chi connectivity index (χ3v) is 11.8. The fourth-order valence-corrected chi connectivity index (χ4v) is 7.24. The molecule has 0 saturated heterocycles. The summed E-state index contributed by atoms with van der Waals surface area (Å²) < 4.78 is 22.7. The quantitative estimate of drug-likeness (QED) is 0.0275. The van der Waals surface area contributed by atoms with Gasteiger partial charge in [-0.3, -0.25) is 14.4 Å². The van der Waals surface area contributed by atoms with E-state index in [1.807, 2.05) is 7.05 Å². The number of esters is 3. The van der Waals surface area contributed by atoms with Gasteiger partial charge >= 0.3 is 24.0 Å². The largest absolute Gasteiger partial charge is 0.462 e. The summed E-state index contributed by atoms with van der Waals surface area (Å²) in [5.41, 5.74) is 0. The standard InChI is InChI=1S/C55H98N2O8/c1-7-12-14-16-18-20-22-24-26-28-30-32-34-36-38-40-52(58)62-47-51(48-63-53(59)41-39-37-35-33-31-29-27-25-23-21-19-17-15-13-8-2)64-54(60)43-42-50(46-49(9-3)10-4)65-55(61)56-44-45-57(6)11-5/h18-21,24-27,49-51H,7-17,22-23,28-48H2,1-6H3,(H,56,61)/b20-18-,21-19-,26-24-,27-25-. The van der Waals surface area contributed by atoms with Crippen molar-refractivity contribution in [3.8, 4) is 0 Å². The molecule has 0 rings (SSSR count). The van der Waals surface area contributed by atoms with Crippen LogP contribution in [0.15, 0.2) is 48.6 Å². The maximum Gasteiger partial charge on any atom is 0.407 e. The first-order valence-electron chi connectivity index (χ1n) is 26.4. The van der Waals surface area contributed by atoms with E-state index in [2.05, 4.69) is 93.4 Å². The summed E-state index contributed by atoms with van der Waals surface area (Å²) in [4.78, 5) is 53.5. The molecule has 1 atom stereocenters. The first-order valence-corrected chi connectivity index (χ1v) is 26.4. The average molecular weight is 915 g/mol. The summed E-state index contributed by atoms with van der Waals surface area (Å²) in [5, 5.41) is 2.82. The molecule has 0 heterocycles. The van der Waals surface area contributed by atoms with Crippen molar-refractivity contribution >= 4 is 24.0 Å². The number of alkyl carbamates (subject to hydrolysis) is 1. The molecule has 0 aliphatic rings. The molecule has 0 fully saturated rings. The van der Waals surface area contributed by atoms with Gasteiger partial charge in [-0.15, -0.1) is 0 Å². The molecule has 0 radical (unpaired) electrons. The van der Waals surface area contributed by atoms with Gasteiger partial charge in [0.2, 0.25) is 0 Å². The highest BCUT2D eigenvalue weighted by Crippen LogP contribution is 2.21. The van der Waals surface area contributed by atoms with Crippen molar-refractivity contribution in [1.82, 2.24) is 10.2 Å². The van der Waals surface area contributed by atoms with E-state index in [0.717, 1.165) is 109 Å². The Balaban J connectivity index is 4.95. The third-order valence-electron chi connectivity index (χ3n) is 11.8. The summed E-state index contributed by atoms with van der Waals surface area (Å²) >= 11 is 0. The van der Waals surface area contributed by atoms with Crippen molar-refractivity contribution in [1.29, 1.82) is 0 Å². The molecule has 10 heteroatoms. The first kappa shape index (κ1) is 61.6. The Morgan fingerprint density at radius 1 is 0.508 bits per heavy atom. The number of rotatable bonds is 45. The molecule has 0 bridgehead atoms. The molecule has 1 amide bonds. The first-order chi connectivity index (χ1) is 31.7. The summed E-state index contributed by atoms with van der Waals surface area (Å²) in [5.74, 6) is -0.890. The lowest BCUT2D eigenvalue weighted by Gasteiger charge is -2.23. The molecule has 0 saturated carbocycles. The fraction of sp³-hybridized carbons (Fsp3) is 0.782. The number of nitrogens with zero attached hydrogens (tertiary/aromatic N) is 1.